The number of nitrogens with one attached hydrogen (secondary N) is 1. The van der Waals surface area contributed by atoms with E-state index in [0.29, 0.717) is 49.9 Å². The van der Waals surface area contributed by atoms with Gasteiger partial charge in [-0.25, -0.2) is 9.07 Å². The second-order valence-electron chi connectivity index (χ2n) is 5.23. The number of nitrogens with zero attached hydrogens (tertiary/aromatic N) is 4. The van der Waals surface area contributed by atoms with Gasteiger partial charge in [0.15, 0.2) is 0 Å². The van der Waals surface area contributed by atoms with Crippen LogP contribution in [0.25, 0.3) is 5.69 Å². The van der Waals surface area contributed by atoms with Crippen molar-refractivity contribution < 1.29 is 13.9 Å². The molecule has 24 heavy (non-hydrogen) atoms. The van der Waals surface area contributed by atoms with E-state index in [1.165, 1.54) is 17.9 Å². The summed E-state index contributed by atoms with van der Waals surface area (Å²) in [6.07, 6.45) is 1.72. The second-order valence-corrected chi connectivity index (χ2v) is 5.61. The average Bonchev–Trinajstić information content (AvgIpc) is 3.09. The molecule has 0 aliphatic carbocycles. The average molecular weight is 351 g/mol. The number of ether oxygens (including phenoxy) is 2. The Hall–Kier alpha value is -2.26. The number of methoxy groups -OCH3 is 1. The third-order valence-corrected chi connectivity index (χ3v) is 4.00. The molecule has 1 aliphatic rings. The summed E-state index contributed by atoms with van der Waals surface area (Å²) in [5.41, 5.74) is 1.86. The number of morpholine rings is 1. The lowest BCUT2D eigenvalue weighted by molar-refractivity contribution is 0.122. The summed E-state index contributed by atoms with van der Waals surface area (Å²) < 4.78 is 26.1. The summed E-state index contributed by atoms with van der Waals surface area (Å²) in [6.45, 7) is 3.00. The highest BCUT2D eigenvalue weighted by Gasteiger charge is 2.16. The number of anilines is 1. The lowest BCUT2D eigenvalue weighted by Gasteiger charge is -2.29. The molecule has 0 saturated carbocycles. The van der Waals surface area contributed by atoms with Crippen molar-refractivity contribution in [1.82, 2.24) is 20.3 Å². The SMILES string of the molecule is COC(=S)NCc1cn(-c2ccc(N3CCOCC3)c(F)c2)nn1. The fourth-order valence-corrected chi connectivity index (χ4v) is 2.51. The van der Waals surface area contributed by atoms with Crippen molar-refractivity contribution in [3.05, 3.63) is 35.9 Å². The van der Waals surface area contributed by atoms with Crippen LogP contribution in [0.15, 0.2) is 24.4 Å². The van der Waals surface area contributed by atoms with Gasteiger partial charge in [0, 0.05) is 19.2 Å². The molecule has 1 aromatic carbocycles. The molecule has 1 aliphatic heterocycles. The van der Waals surface area contributed by atoms with Gasteiger partial charge in [0.1, 0.15) is 11.5 Å². The number of rotatable bonds is 4. The summed E-state index contributed by atoms with van der Waals surface area (Å²) in [5, 5.41) is 11.2. The van der Waals surface area contributed by atoms with Crippen molar-refractivity contribution in [1.29, 1.82) is 0 Å². The van der Waals surface area contributed by atoms with E-state index < -0.39 is 0 Å². The van der Waals surface area contributed by atoms with Crippen LogP contribution in [0.3, 0.4) is 0 Å². The maximum Gasteiger partial charge on any atom is 0.256 e. The fraction of sp³-hybridized carbons (Fsp3) is 0.400. The maximum atomic E-state index is 14.4. The minimum atomic E-state index is -0.287. The zero-order valence-electron chi connectivity index (χ0n) is 13.2. The summed E-state index contributed by atoms with van der Waals surface area (Å²) in [5.74, 6) is -0.287. The van der Waals surface area contributed by atoms with Gasteiger partial charge in [0.05, 0.1) is 44.4 Å². The topological polar surface area (TPSA) is 64.4 Å². The molecule has 128 valence electrons. The highest BCUT2D eigenvalue weighted by molar-refractivity contribution is 7.80. The molecule has 1 aromatic heterocycles. The first-order valence-electron chi connectivity index (χ1n) is 7.53. The van der Waals surface area contributed by atoms with E-state index in [2.05, 4.69) is 15.6 Å². The molecule has 7 nitrogen and oxygen atoms in total. The zero-order chi connectivity index (χ0) is 16.9. The first-order chi connectivity index (χ1) is 11.7. The molecule has 0 bridgehead atoms. The molecule has 3 rings (SSSR count). The molecule has 0 spiro atoms. The molecule has 1 N–H and O–H groups in total. The Morgan fingerprint density at radius 2 is 2.21 bits per heavy atom. The highest BCUT2D eigenvalue weighted by atomic mass is 32.1. The lowest BCUT2D eigenvalue weighted by atomic mass is 10.2. The molecular formula is C15H18FN5O2S. The Morgan fingerprint density at radius 1 is 1.42 bits per heavy atom. The number of benzene rings is 1. The lowest BCUT2D eigenvalue weighted by Crippen LogP contribution is -2.36. The van der Waals surface area contributed by atoms with E-state index in [-0.39, 0.29) is 11.0 Å². The predicted octanol–water partition coefficient (Wildman–Crippen LogP) is 1.26. The Morgan fingerprint density at radius 3 is 2.92 bits per heavy atom. The molecule has 1 fully saturated rings. The van der Waals surface area contributed by atoms with Gasteiger partial charge < -0.3 is 19.7 Å². The van der Waals surface area contributed by atoms with Crippen molar-refractivity contribution in [3.8, 4) is 5.69 Å². The van der Waals surface area contributed by atoms with Crippen LogP contribution in [0.1, 0.15) is 5.69 Å². The van der Waals surface area contributed by atoms with Crippen LogP contribution in [-0.4, -0.2) is 53.6 Å². The fourth-order valence-electron chi connectivity index (χ4n) is 2.44. The Bertz CT molecular complexity index is 718. The zero-order valence-corrected chi connectivity index (χ0v) is 14.1. The van der Waals surface area contributed by atoms with Gasteiger partial charge in [0.2, 0.25) is 0 Å². The second kappa shape index (κ2) is 7.54. The summed E-state index contributed by atoms with van der Waals surface area (Å²) in [4.78, 5) is 1.98. The summed E-state index contributed by atoms with van der Waals surface area (Å²) in [7, 11) is 1.49. The molecule has 1 saturated heterocycles. The number of hydrogen-bond donors (Lipinski definition) is 1. The highest BCUT2D eigenvalue weighted by Crippen LogP contribution is 2.23. The van der Waals surface area contributed by atoms with Crippen LogP contribution < -0.4 is 10.2 Å². The van der Waals surface area contributed by atoms with Crippen LogP contribution in [0, 0.1) is 5.82 Å². The van der Waals surface area contributed by atoms with Gasteiger partial charge in [-0.3, -0.25) is 0 Å². The third kappa shape index (κ3) is 3.80. The van der Waals surface area contributed by atoms with Crippen LogP contribution in [0.4, 0.5) is 10.1 Å². The number of halogens is 1. The molecule has 0 unspecified atom stereocenters. The Balaban J connectivity index is 1.72. The summed E-state index contributed by atoms with van der Waals surface area (Å²) in [6, 6.07) is 5.03. The van der Waals surface area contributed by atoms with E-state index in [1.807, 2.05) is 11.0 Å². The standard InChI is InChI=1S/C15H18FN5O2S/c1-22-15(24)17-9-11-10-21(19-18-11)12-2-3-14(13(16)8-12)20-4-6-23-7-5-20/h2-3,8,10H,4-7,9H2,1H3,(H,17,24). The molecular weight excluding hydrogens is 333 g/mol. The minimum absolute atomic E-state index is 0.283. The van der Waals surface area contributed by atoms with Crippen molar-refractivity contribution in [2.75, 3.05) is 38.3 Å². The number of thiocarbonyl (C=S) groups is 1. The van der Waals surface area contributed by atoms with Crippen LogP contribution in [0.5, 0.6) is 0 Å². The first kappa shape index (κ1) is 16.6. The Kier molecular flexibility index (Phi) is 5.21. The molecule has 2 heterocycles. The quantitative estimate of drug-likeness (QED) is 0.832. The monoisotopic (exact) mass is 351 g/mol. The minimum Gasteiger partial charge on any atom is -0.474 e. The van der Waals surface area contributed by atoms with Gasteiger partial charge in [0.25, 0.3) is 5.17 Å². The molecule has 0 atom stereocenters. The van der Waals surface area contributed by atoms with Crippen LogP contribution in [-0.2, 0) is 16.0 Å². The van der Waals surface area contributed by atoms with E-state index >= 15 is 0 Å². The van der Waals surface area contributed by atoms with Gasteiger partial charge in [-0.15, -0.1) is 5.10 Å². The van der Waals surface area contributed by atoms with Crippen molar-refractivity contribution in [2.24, 2.45) is 0 Å². The van der Waals surface area contributed by atoms with Gasteiger partial charge >= 0.3 is 0 Å². The largest absolute Gasteiger partial charge is 0.474 e. The third-order valence-electron chi connectivity index (χ3n) is 3.69. The van der Waals surface area contributed by atoms with Gasteiger partial charge in [-0.05, 0) is 24.4 Å². The maximum absolute atomic E-state index is 14.4. The van der Waals surface area contributed by atoms with E-state index in [9.17, 15) is 4.39 Å². The normalized spacial score (nSPS) is 14.5. The first-order valence-corrected chi connectivity index (χ1v) is 7.94. The predicted molar refractivity (Wildman–Crippen MR) is 90.8 cm³/mol. The Labute approximate surface area is 144 Å². The van der Waals surface area contributed by atoms with Crippen molar-refractivity contribution in [2.45, 2.75) is 6.54 Å². The number of aromatic nitrogens is 3. The van der Waals surface area contributed by atoms with Crippen molar-refractivity contribution >= 4 is 23.1 Å². The van der Waals surface area contributed by atoms with Crippen LogP contribution in [0.2, 0.25) is 0 Å². The molecule has 0 amide bonds. The van der Waals surface area contributed by atoms with Crippen LogP contribution >= 0.6 is 12.2 Å². The molecule has 2 aromatic rings. The van der Waals surface area contributed by atoms with E-state index in [4.69, 9.17) is 21.7 Å². The van der Waals surface area contributed by atoms with E-state index in [1.54, 1.807) is 12.3 Å². The van der Waals surface area contributed by atoms with Gasteiger partial charge in [-0.1, -0.05) is 5.21 Å². The smallest absolute Gasteiger partial charge is 0.256 e. The molecule has 0 radical (unpaired) electrons. The van der Waals surface area contributed by atoms with Gasteiger partial charge in [-0.2, -0.15) is 0 Å². The van der Waals surface area contributed by atoms with Crippen molar-refractivity contribution in [3.63, 3.8) is 0 Å². The summed E-state index contributed by atoms with van der Waals surface area (Å²) >= 11 is 4.90. The van der Waals surface area contributed by atoms with E-state index in [0.717, 1.165) is 0 Å². The molecule has 9 heteroatoms. The number of hydrogen-bond acceptors (Lipinski definition) is 6.